The fourth-order valence-electron chi connectivity index (χ4n) is 1.54. The molecule has 0 N–H and O–H groups in total. The first-order chi connectivity index (χ1) is 8.56. The van der Waals surface area contributed by atoms with E-state index < -0.39 is 0 Å². The maximum Gasteiger partial charge on any atom is 0.139 e. The highest BCUT2D eigenvalue weighted by molar-refractivity contribution is 9.10. The van der Waals surface area contributed by atoms with Gasteiger partial charge in [0, 0.05) is 4.47 Å². The molecule has 18 heavy (non-hydrogen) atoms. The first-order valence-corrected chi connectivity index (χ1v) is 6.56. The summed E-state index contributed by atoms with van der Waals surface area (Å²) < 4.78 is 19.6. The molecule has 0 fully saturated rings. The molecule has 0 aliphatic rings. The monoisotopic (exact) mass is 328 g/mol. The molecule has 0 bridgehead atoms. The second-order valence-electron chi connectivity index (χ2n) is 3.93. The first kappa shape index (κ1) is 13.4. The summed E-state index contributed by atoms with van der Waals surface area (Å²) in [7, 11) is 0. The molecular formula is C14H11BrClFO. The average Bonchev–Trinajstić information content (AvgIpc) is 2.34. The van der Waals surface area contributed by atoms with Crippen LogP contribution in [-0.2, 0) is 6.61 Å². The molecule has 2 rings (SSSR count). The van der Waals surface area contributed by atoms with Crippen molar-refractivity contribution in [1.29, 1.82) is 0 Å². The maximum absolute atomic E-state index is 13.1. The SMILES string of the molecule is Cc1ccc(F)cc1COc1cc(Br)ccc1Cl. The van der Waals surface area contributed by atoms with Gasteiger partial charge in [0.15, 0.2) is 0 Å². The van der Waals surface area contributed by atoms with Crippen LogP contribution >= 0.6 is 27.5 Å². The number of rotatable bonds is 3. The van der Waals surface area contributed by atoms with E-state index in [-0.39, 0.29) is 5.82 Å². The summed E-state index contributed by atoms with van der Waals surface area (Å²) >= 11 is 9.36. The summed E-state index contributed by atoms with van der Waals surface area (Å²) in [5.41, 5.74) is 1.80. The molecule has 0 saturated heterocycles. The van der Waals surface area contributed by atoms with Crippen LogP contribution in [0.5, 0.6) is 5.75 Å². The van der Waals surface area contributed by atoms with E-state index in [0.717, 1.165) is 15.6 Å². The predicted molar refractivity (Wildman–Crippen MR) is 74.6 cm³/mol. The lowest BCUT2D eigenvalue weighted by Crippen LogP contribution is -1.99. The molecule has 0 aromatic heterocycles. The molecule has 0 amide bonds. The summed E-state index contributed by atoms with van der Waals surface area (Å²) in [5.74, 6) is 0.314. The quantitative estimate of drug-likeness (QED) is 0.758. The standard InChI is InChI=1S/C14H11BrClFO/c1-9-2-4-12(17)6-10(9)8-18-14-7-11(15)3-5-13(14)16/h2-7H,8H2,1H3. The zero-order chi connectivity index (χ0) is 13.1. The maximum atomic E-state index is 13.1. The van der Waals surface area contributed by atoms with E-state index in [2.05, 4.69) is 15.9 Å². The van der Waals surface area contributed by atoms with Crippen molar-refractivity contribution in [2.75, 3.05) is 0 Å². The lowest BCUT2D eigenvalue weighted by atomic mass is 10.1. The number of benzene rings is 2. The predicted octanol–water partition coefficient (Wildman–Crippen LogP) is 5.13. The molecule has 0 spiro atoms. The van der Waals surface area contributed by atoms with Crippen molar-refractivity contribution >= 4 is 27.5 Å². The number of ether oxygens (including phenoxy) is 1. The lowest BCUT2D eigenvalue weighted by Gasteiger charge is -2.10. The number of halogens is 3. The third kappa shape index (κ3) is 3.24. The van der Waals surface area contributed by atoms with E-state index in [9.17, 15) is 4.39 Å². The molecular weight excluding hydrogens is 319 g/mol. The smallest absolute Gasteiger partial charge is 0.139 e. The van der Waals surface area contributed by atoms with Gasteiger partial charge in [0.1, 0.15) is 18.2 Å². The largest absolute Gasteiger partial charge is 0.487 e. The first-order valence-electron chi connectivity index (χ1n) is 5.39. The van der Waals surface area contributed by atoms with Crippen LogP contribution in [0.25, 0.3) is 0 Å². The summed E-state index contributed by atoms with van der Waals surface area (Å²) in [5, 5.41) is 0.534. The molecule has 0 aliphatic heterocycles. The number of aryl methyl sites for hydroxylation is 1. The van der Waals surface area contributed by atoms with E-state index in [1.54, 1.807) is 18.2 Å². The summed E-state index contributed by atoms with van der Waals surface area (Å²) in [6.45, 7) is 2.21. The van der Waals surface area contributed by atoms with Crippen molar-refractivity contribution in [3.63, 3.8) is 0 Å². The Morgan fingerprint density at radius 1 is 1.22 bits per heavy atom. The Kier molecular flexibility index (Phi) is 4.25. The minimum Gasteiger partial charge on any atom is -0.487 e. The van der Waals surface area contributed by atoms with Gasteiger partial charge in [0.05, 0.1) is 5.02 Å². The fourth-order valence-corrected chi connectivity index (χ4v) is 2.05. The second-order valence-corrected chi connectivity index (χ2v) is 5.26. The molecule has 0 heterocycles. The Bertz CT molecular complexity index is 520. The molecule has 1 nitrogen and oxygen atoms in total. The van der Waals surface area contributed by atoms with Gasteiger partial charge < -0.3 is 4.74 Å². The Labute approximate surface area is 119 Å². The van der Waals surface area contributed by atoms with Crippen molar-refractivity contribution in [2.24, 2.45) is 0 Å². The van der Waals surface area contributed by atoms with E-state index in [4.69, 9.17) is 16.3 Å². The van der Waals surface area contributed by atoms with Crippen LogP contribution in [0.4, 0.5) is 4.39 Å². The van der Waals surface area contributed by atoms with Crippen LogP contribution in [0, 0.1) is 12.7 Å². The molecule has 4 heteroatoms. The third-order valence-corrected chi connectivity index (χ3v) is 3.39. The summed E-state index contributed by atoms with van der Waals surface area (Å²) in [4.78, 5) is 0. The zero-order valence-electron chi connectivity index (χ0n) is 9.71. The summed E-state index contributed by atoms with van der Waals surface area (Å²) in [6, 6.07) is 10.0. The molecule has 0 radical (unpaired) electrons. The van der Waals surface area contributed by atoms with E-state index >= 15 is 0 Å². The molecule has 0 unspecified atom stereocenters. The molecule has 94 valence electrons. The van der Waals surface area contributed by atoms with Gasteiger partial charge in [-0.05, 0) is 48.4 Å². The van der Waals surface area contributed by atoms with E-state index in [1.807, 2.05) is 13.0 Å². The highest BCUT2D eigenvalue weighted by Crippen LogP contribution is 2.28. The van der Waals surface area contributed by atoms with Gasteiger partial charge >= 0.3 is 0 Å². The van der Waals surface area contributed by atoms with Gasteiger partial charge in [-0.25, -0.2) is 4.39 Å². The van der Waals surface area contributed by atoms with Crippen LogP contribution in [0.1, 0.15) is 11.1 Å². The van der Waals surface area contributed by atoms with Crippen molar-refractivity contribution in [2.45, 2.75) is 13.5 Å². The minimum atomic E-state index is -0.264. The Balaban J connectivity index is 2.16. The van der Waals surface area contributed by atoms with Crippen LogP contribution in [0.2, 0.25) is 5.02 Å². The Hall–Kier alpha value is -1.06. The fraction of sp³-hybridized carbons (Fsp3) is 0.143. The van der Waals surface area contributed by atoms with Gasteiger partial charge in [-0.3, -0.25) is 0 Å². The topological polar surface area (TPSA) is 9.23 Å². The van der Waals surface area contributed by atoms with Crippen molar-refractivity contribution < 1.29 is 9.13 Å². The molecule has 0 aliphatic carbocycles. The van der Waals surface area contributed by atoms with E-state index in [1.165, 1.54) is 12.1 Å². The normalized spacial score (nSPS) is 10.4. The molecule has 2 aromatic rings. The summed E-state index contributed by atoms with van der Waals surface area (Å²) in [6.07, 6.45) is 0. The van der Waals surface area contributed by atoms with Gasteiger partial charge in [-0.1, -0.05) is 33.6 Å². The van der Waals surface area contributed by atoms with Crippen LogP contribution in [-0.4, -0.2) is 0 Å². The van der Waals surface area contributed by atoms with Crippen LogP contribution in [0.15, 0.2) is 40.9 Å². The zero-order valence-corrected chi connectivity index (χ0v) is 12.1. The highest BCUT2D eigenvalue weighted by Gasteiger charge is 2.05. The highest BCUT2D eigenvalue weighted by atomic mass is 79.9. The molecule has 0 atom stereocenters. The van der Waals surface area contributed by atoms with Crippen molar-refractivity contribution in [3.05, 3.63) is 62.8 Å². The average molecular weight is 330 g/mol. The number of hydrogen-bond acceptors (Lipinski definition) is 1. The number of hydrogen-bond donors (Lipinski definition) is 0. The lowest BCUT2D eigenvalue weighted by molar-refractivity contribution is 0.305. The second kappa shape index (κ2) is 5.72. The molecule has 2 aromatic carbocycles. The van der Waals surface area contributed by atoms with Gasteiger partial charge in [-0.2, -0.15) is 0 Å². The van der Waals surface area contributed by atoms with Crippen molar-refractivity contribution in [1.82, 2.24) is 0 Å². The van der Waals surface area contributed by atoms with Gasteiger partial charge in [0.25, 0.3) is 0 Å². The Morgan fingerprint density at radius 3 is 2.78 bits per heavy atom. The Morgan fingerprint density at radius 2 is 2.00 bits per heavy atom. The van der Waals surface area contributed by atoms with Crippen LogP contribution in [0.3, 0.4) is 0 Å². The third-order valence-electron chi connectivity index (χ3n) is 2.59. The van der Waals surface area contributed by atoms with Crippen LogP contribution < -0.4 is 4.74 Å². The van der Waals surface area contributed by atoms with E-state index in [0.29, 0.717) is 17.4 Å². The van der Waals surface area contributed by atoms with Gasteiger partial charge in [0.2, 0.25) is 0 Å². The molecule has 0 saturated carbocycles. The van der Waals surface area contributed by atoms with Crippen molar-refractivity contribution in [3.8, 4) is 5.75 Å². The van der Waals surface area contributed by atoms with Gasteiger partial charge in [-0.15, -0.1) is 0 Å². The minimum absolute atomic E-state index is 0.264.